The number of nitrogens with zero attached hydrogens (tertiary/aromatic N) is 2. The molecule has 0 amide bonds. The molecule has 2 rings (SSSR count). The maximum atomic E-state index is 5.28. The molecule has 1 fully saturated rings. The number of hydrogen-bond donors (Lipinski definition) is 1. The van der Waals surface area contributed by atoms with Crippen LogP contribution in [0.3, 0.4) is 0 Å². The Labute approximate surface area is 116 Å². The standard InChI is InChI=1S/C15H25N3O/c1-12(16-2)15-7-6-14(9-17-15)18-8-4-5-13(10-18)11-19-3/h6-7,9,12-13,16H,4-5,8,10-11H2,1-3H3. The van der Waals surface area contributed by atoms with Crippen LogP contribution >= 0.6 is 0 Å². The third kappa shape index (κ3) is 3.67. The normalized spacial score (nSPS) is 21.4. The fourth-order valence-corrected chi connectivity index (χ4v) is 2.66. The second kappa shape index (κ2) is 6.87. The van der Waals surface area contributed by atoms with E-state index >= 15 is 0 Å². The lowest BCUT2D eigenvalue weighted by molar-refractivity contribution is 0.143. The lowest BCUT2D eigenvalue weighted by Crippen LogP contribution is -2.37. The third-order valence-corrected chi connectivity index (χ3v) is 3.93. The monoisotopic (exact) mass is 263 g/mol. The predicted molar refractivity (Wildman–Crippen MR) is 78.5 cm³/mol. The van der Waals surface area contributed by atoms with E-state index in [1.807, 2.05) is 13.2 Å². The highest BCUT2D eigenvalue weighted by Crippen LogP contribution is 2.23. The largest absolute Gasteiger partial charge is 0.384 e. The minimum atomic E-state index is 0.302. The highest BCUT2D eigenvalue weighted by atomic mass is 16.5. The number of pyridine rings is 1. The first-order valence-corrected chi connectivity index (χ1v) is 7.11. The lowest BCUT2D eigenvalue weighted by Gasteiger charge is -2.34. The minimum Gasteiger partial charge on any atom is -0.384 e. The summed E-state index contributed by atoms with van der Waals surface area (Å²) in [6.45, 7) is 5.19. The van der Waals surface area contributed by atoms with Crippen LogP contribution < -0.4 is 10.2 Å². The zero-order valence-corrected chi connectivity index (χ0v) is 12.2. The van der Waals surface area contributed by atoms with Gasteiger partial charge in [0.05, 0.1) is 24.2 Å². The van der Waals surface area contributed by atoms with Crippen molar-refractivity contribution in [2.24, 2.45) is 5.92 Å². The molecule has 0 aromatic carbocycles. The minimum absolute atomic E-state index is 0.302. The van der Waals surface area contributed by atoms with E-state index in [4.69, 9.17) is 4.74 Å². The van der Waals surface area contributed by atoms with E-state index in [1.165, 1.54) is 18.5 Å². The molecule has 19 heavy (non-hydrogen) atoms. The molecule has 2 atom stereocenters. The molecular weight excluding hydrogens is 238 g/mol. The molecule has 0 spiro atoms. The second-order valence-electron chi connectivity index (χ2n) is 5.36. The summed E-state index contributed by atoms with van der Waals surface area (Å²) in [5.74, 6) is 0.648. The summed E-state index contributed by atoms with van der Waals surface area (Å²) in [5.41, 5.74) is 2.32. The van der Waals surface area contributed by atoms with Crippen molar-refractivity contribution >= 4 is 5.69 Å². The molecular formula is C15H25N3O. The van der Waals surface area contributed by atoms with Crippen LogP contribution in [0.15, 0.2) is 18.3 Å². The van der Waals surface area contributed by atoms with Gasteiger partial charge in [-0.1, -0.05) is 0 Å². The molecule has 1 aliphatic rings. The molecule has 2 unspecified atom stereocenters. The van der Waals surface area contributed by atoms with Gasteiger partial charge in [0.25, 0.3) is 0 Å². The van der Waals surface area contributed by atoms with Crippen LogP contribution in [0.2, 0.25) is 0 Å². The Morgan fingerprint density at radius 2 is 2.37 bits per heavy atom. The van der Waals surface area contributed by atoms with E-state index in [0.717, 1.165) is 25.4 Å². The number of methoxy groups -OCH3 is 1. The van der Waals surface area contributed by atoms with E-state index < -0.39 is 0 Å². The van der Waals surface area contributed by atoms with Gasteiger partial charge in [-0.3, -0.25) is 4.98 Å². The van der Waals surface area contributed by atoms with Gasteiger partial charge in [0.15, 0.2) is 0 Å². The third-order valence-electron chi connectivity index (χ3n) is 3.93. The summed E-state index contributed by atoms with van der Waals surface area (Å²) >= 11 is 0. The average molecular weight is 263 g/mol. The van der Waals surface area contributed by atoms with Crippen LogP contribution in [0.5, 0.6) is 0 Å². The van der Waals surface area contributed by atoms with Crippen molar-refractivity contribution in [2.45, 2.75) is 25.8 Å². The van der Waals surface area contributed by atoms with Crippen molar-refractivity contribution in [3.05, 3.63) is 24.0 Å². The molecule has 1 aliphatic heterocycles. The van der Waals surface area contributed by atoms with Gasteiger partial charge in [-0.05, 0) is 44.9 Å². The van der Waals surface area contributed by atoms with Gasteiger partial charge in [-0.15, -0.1) is 0 Å². The first kappa shape index (κ1) is 14.3. The summed E-state index contributed by atoms with van der Waals surface area (Å²) < 4.78 is 5.28. The van der Waals surface area contributed by atoms with Crippen molar-refractivity contribution < 1.29 is 4.74 Å². The highest BCUT2D eigenvalue weighted by molar-refractivity contribution is 5.45. The molecule has 0 saturated carbocycles. The number of piperidine rings is 1. The molecule has 0 aliphatic carbocycles. The average Bonchev–Trinajstić information content (AvgIpc) is 2.47. The van der Waals surface area contributed by atoms with Gasteiger partial charge < -0.3 is 15.0 Å². The van der Waals surface area contributed by atoms with Crippen LogP contribution in [0, 0.1) is 5.92 Å². The van der Waals surface area contributed by atoms with Gasteiger partial charge in [-0.25, -0.2) is 0 Å². The quantitative estimate of drug-likeness (QED) is 0.884. The molecule has 0 bridgehead atoms. The van der Waals surface area contributed by atoms with Crippen molar-refractivity contribution in [3.8, 4) is 0 Å². The smallest absolute Gasteiger partial charge is 0.0571 e. The Morgan fingerprint density at radius 3 is 3.00 bits per heavy atom. The first-order chi connectivity index (χ1) is 9.24. The Kier molecular flexibility index (Phi) is 5.16. The van der Waals surface area contributed by atoms with Gasteiger partial charge in [-0.2, -0.15) is 0 Å². The van der Waals surface area contributed by atoms with E-state index in [1.54, 1.807) is 7.11 Å². The number of anilines is 1. The summed E-state index contributed by atoms with van der Waals surface area (Å²) in [6, 6.07) is 4.61. The van der Waals surface area contributed by atoms with Crippen molar-refractivity contribution in [2.75, 3.05) is 38.8 Å². The number of nitrogens with one attached hydrogen (secondary N) is 1. The Bertz CT molecular complexity index is 377. The van der Waals surface area contributed by atoms with Crippen molar-refractivity contribution in [1.82, 2.24) is 10.3 Å². The maximum absolute atomic E-state index is 5.28. The molecule has 1 aromatic rings. The summed E-state index contributed by atoms with van der Waals surface area (Å²) in [4.78, 5) is 6.98. The Balaban J connectivity index is 2.01. The summed E-state index contributed by atoms with van der Waals surface area (Å²) in [7, 11) is 3.74. The fraction of sp³-hybridized carbons (Fsp3) is 0.667. The molecule has 1 saturated heterocycles. The van der Waals surface area contributed by atoms with Crippen molar-refractivity contribution in [1.29, 1.82) is 0 Å². The van der Waals surface area contributed by atoms with E-state index in [9.17, 15) is 0 Å². The Hall–Kier alpha value is -1.13. The number of aromatic nitrogens is 1. The van der Waals surface area contributed by atoms with E-state index in [0.29, 0.717) is 12.0 Å². The topological polar surface area (TPSA) is 37.4 Å². The van der Waals surface area contributed by atoms with Crippen molar-refractivity contribution in [3.63, 3.8) is 0 Å². The van der Waals surface area contributed by atoms with Crippen LogP contribution in [-0.2, 0) is 4.74 Å². The fourth-order valence-electron chi connectivity index (χ4n) is 2.66. The molecule has 0 radical (unpaired) electrons. The molecule has 1 aromatic heterocycles. The Morgan fingerprint density at radius 1 is 1.53 bits per heavy atom. The zero-order chi connectivity index (χ0) is 13.7. The first-order valence-electron chi connectivity index (χ1n) is 7.11. The van der Waals surface area contributed by atoms with Crippen LogP contribution in [0.25, 0.3) is 0 Å². The molecule has 2 heterocycles. The maximum Gasteiger partial charge on any atom is 0.0571 e. The molecule has 106 valence electrons. The van der Waals surface area contributed by atoms with Crippen LogP contribution in [0.1, 0.15) is 31.5 Å². The van der Waals surface area contributed by atoms with Gasteiger partial charge in [0, 0.05) is 26.2 Å². The summed E-state index contributed by atoms with van der Waals surface area (Å²) in [6.07, 6.45) is 4.51. The number of hydrogen-bond acceptors (Lipinski definition) is 4. The SMILES string of the molecule is CNC(C)c1ccc(N2CCCC(COC)C2)cn1. The number of rotatable bonds is 5. The van der Waals surface area contributed by atoms with Crippen LogP contribution in [-0.4, -0.2) is 38.8 Å². The van der Waals surface area contributed by atoms with Gasteiger partial charge >= 0.3 is 0 Å². The van der Waals surface area contributed by atoms with Gasteiger partial charge in [0.1, 0.15) is 0 Å². The number of ether oxygens (including phenoxy) is 1. The zero-order valence-electron chi connectivity index (χ0n) is 12.2. The lowest BCUT2D eigenvalue weighted by atomic mass is 9.98. The highest BCUT2D eigenvalue weighted by Gasteiger charge is 2.20. The summed E-state index contributed by atoms with van der Waals surface area (Å²) in [5, 5.41) is 3.21. The molecule has 1 N–H and O–H groups in total. The van der Waals surface area contributed by atoms with Crippen LogP contribution in [0.4, 0.5) is 5.69 Å². The van der Waals surface area contributed by atoms with Gasteiger partial charge in [0.2, 0.25) is 0 Å². The van der Waals surface area contributed by atoms with E-state index in [-0.39, 0.29) is 0 Å². The van der Waals surface area contributed by atoms with E-state index in [2.05, 4.69) is 34.3 Å². The second-order valence-corrected chi connectivity index (χ2v) is 5.36. The molecule has 4 heteroatoms. The predicted octanol–water partition coefficient (Wildman–Crippen LogP) is 2.22. The molecule has 4 nitrogen and oxygen atoms in total.